The Morgan fingerprint density at radius 1 is 1.04 bits per heavy atom. The van der Waals surface area contributed by atoms with Crippen LogP contribution in [0.15, 0.2) is 42.5 Å². The predicted molar refractivity (Wildman–Crippen MR) is 166 cm³/mol. The highest BCUT2D eigenvalue weighted by Gasteiger charge is 2.44. The maximum absolute atomic E-state index is 13.9. The van der Waals surface area contributed by atoms with Crippen molar-refractivity contribution in [2.45, 2.75) is 88.4 Å². The molecule has 0 aromatic heterocycles. The second-order valence-corrected chi connectivity index (χ2v) is 12.5. The van der Waals surface area contributed by atoms with E-state index in [2.05, 4.69) is 46.0 Å². The van der Waals surface area contributed by atoms with E-state index in [1.54, 1.807) is 0 Å². The van der Waals surface area contributed by atoms with Crippen LogP contribution >= 0.6 is 0 Å². The number of amides is 2. The van der Waals surface area contributed by atoms with Gasteiger partial charge in [0.25, 0.3) is 6.47 Å². The number of nitrogens with one attached hydrogen (secondary N) is 3. The summed E-state index contributed by atoms with van der Waals surface area (Å²) in [7, 11) is 0. The molecule has 4 aliphatic rings. The van der Waals surface area contributed by atoms with Gasteiger partial charge in [0.2, 0.25) is 11.8 Å². The molecule has 11 heteroatoms. The van der Waals surface area contributed by atoms with Gasteiger partial charge in [0.15, 0.2) is 0 Å². The first-order valence-electron chi connectivity index (χ1n) is 16.0. The van der Waals surface area contributed by atoms with Crippen LogP contribution in [0, 0.1) is 17.6 Å². The molecule has 2 aromatic carbocycles. The van der Waals surface area contributed by atoms with Crippen molar-refractivity contribution in [3.63, 3.8) is 0 Å². The third-order valence-corrected chi connectivity index (χ3v) is 9.29. The largest absolute Gasteiger partial charge is 0.483 e. The van der Waals surface area contributed by atoms with Crippen LogP contribution in [0.2, 0.25) is 0 Å². The minimum atomic E-state index is -0.993. The zero-order valence-corrected chi connectivity index (χ0v) is 25.9. The highest BCUT2D eigenvalue weighted by Crippen LogP contribution is 2.45. The van der Waals surface area contributed by atoms with E-state index in [0.29, 0.717) is 17.9 Å². The van der Waals surface area contributed by atoms with Crippen LogP contribution in [0.3, 0.4) is 0 Å². The summed E-state index contributed by atoms with van der Waals surface area (Å²) in [5, 5.41) is 27.6. The molecule has 6 rings (SSSR count). The van der Waals surface area contributed by atoms with Crippen molar-refractivity contribution in [1.82, 2.24) is 20.9 Å². The average Bonchev–Trinajstić information content (AvgIpc) is 3.81. The van der Waals surface area contributed by atoms with Crippen LogP contribution in [0.4, 0.5) is 8.78 Å². The maximum atomic E-state index is 13.9. The Labute approximate surface area is 263 Å². The summed E-state index contributed by atoms with van der Waals surface area (Å²) in [4.78, 5) is 36.2. The molecule has 3 saturated heterocycles. The normalized spacial score (nSPS) is 22.4. The van der Waals surface area contributed by atoms with Crippen molar-refractivity contribution in [3.05, 3.63) is 70.8 Å². The van der Waals surface area contributed by atoms with Gasteiger partial charge in [-0.25, -0.2) is 8.78 Å². The van der Waals surface area contributed by atoms with Gasteiger partial charge in [-0.1, -0.05) is 31.2 Å². The number of rotatable bonds is 14. The van der Waals surface area contributed by atoms with Crippen LogP contribution in [-0.2, 0) is 32.8 Å². The molecule has 4 fully saturated rings. The van der Waals surface area contributed by atoms with E-state index < -0.39 is 23.8 Å². The number of aliphatic hydroxyl groups excluding tert-OH is 1. The Kier molecular flexibility index (Phi) is 12.4. The molecule has 9 nitrogen and oxygen atoms in total. The fourth-order valence-corrected chi connectivity index (χ4v) is 6.59. The van der Waals surface area contributed by atoms with Gasteiger partial charge in [-0.3, -0.25) is 14.4 Å². The topological polar surface area (TPSA) is 131 Å². The molecule has 45 heavy (non-hydrogen) atoms. The first kappa shape index (κ1) is 34.5. The lowest BCUT2D eigenvalue weighted by molar-refractivity contribution is -0.125. The zero-order valence-electron chi connectivity index (χ0n) is 25.9. The summed E-state index contributed by atoms with van der Waals surface area (Å²) in [6, 6.07) is 11.1. The summed E-state index contributed by atoms with van der Waals surface area (Å²) in [5.74, 6) is -1.22. The second-order valence-electron chi connectivity index (χ2n) is 12.5. The maximum Gasteiger partial charge on any atom is 0.290 e. The minimum absolute atomic E-state index is 0.0422. The number of piperidine rings is 3. The second kappa shape index (κ2) is 16.2. The molecule has 0 radical (unpaired) electrons. The zero-order chi connectivity index (χ0) is 32.4. The Balaban J connectivity index is 0.00000148. The fourth-order valence-electron chi connectivity index (χ4n) is 6.59. The number of aryl methyl sites for hydroxylation is 1. The van der Waals surface area contributed by atoms with E-state index in [0.717, 1.165) is 57.8 Å². The summed E-state index contributed by atoms with van der Waals surface area (Å²) >= 11 is 0. The van der Waals surface area contributed by atoms with E-state index in [4.69, 9.17) is 9.90 Å². The highest BCUT2D eigenvalue weighted by molar-refractivity contribution is 5.79. The number of halogens is 2. The summed E-state index contributed by atoms with van der Waals surface area (Å²) < 4.78 is 27.8. The SMILES string of the molecule is CCc1cccc(C2(NC[C@@H](O)[C@H](Cc3cc(F)cc(F)c3)NC(=O)CCCC(=O)N[C@H]3CN4CCC3CC4)CC2)c1.O=CO. The molecule has 2 amide bonds. The first-order chi connectivity index (χ1) is 21.6. The van der Waals surface area contributed by atoms with Crippen molar-refractivity contribution >= 4 is 18.3 Å². The number of aliphatic hydroxyl groups is 1. The highest BCUT2D eigenvalue weighted by atomic mass is 19.1. The summed E-state index contributed by atoms with van der Waals surface area (Å²) in [6.07, 6.45) is 4.89. The number of carbonyl (C=O) groups excluding carboxylic acids is 2. The number of nitrogens with zero attached hydrogens (tertiary/aromatic N) is 1. The third-order valence-electron chi connectivity index (χ3n) is 9.29. The van der Waals surface area contributed by atoms with Crippen molar-refractivity contribution in [2.75, 3.05) is 26.2 Å². The molecule has 246 valence electrons. The predicted octanol–water partition coefficient (Wildman–Crippen LogP) is 3.28. The average molecular weight is 629 g/mol. The monoisotopic (exact) mass is 628 g/mol. The Hall–Kier alpha value is -3.41. The van der Waals surface area contributed by atoms with E-state index in [1.165, 1.54) is 23.3 Å². The molecule has 5 N–H and O–H groups in total. The smallest absolute Gasteiger partial charge is 0.290 e. The molecular weight excluding hydrogens is 582 g/mol. The fraction of sp³-hybridized carbons (Fsp3) is 0.559. The van der Waals surface area contributed by atoms with Crippen LogP contribution in [0.5, 0.6) is 0 Å². The molecular formula is C34H46F2N4O5. The standard InChI is InChI=1S/C33H44F2N4O3.CH2O2/c1-2-22-5-3-6-25(15-22)33(11-12-33)36-20-30(40)28(18-23-16-26(34)19-27(35)17-23)37-31(41)7-4-8-32(42)38-29-21-39-13-9-24(29)10-14-39;2-1-3/h3,5-6,15-17,19,24,28-30,36,40H,2,4,7-14,18,20-21H2,1H3,(H,37,41)(H,38,42);1H,(H,2,3)/t28-,29-,30+;/m0./s1. The van der Waals surface area contributed by atoms with Gasteiger partial charge in [0.1, 0.15) is 11.6 Å². The van der Waals surface area contributed by atoms with Gasteiger partial charge >= 0.3 is 0 Å². The molecule has 3 aliphatic heterocycles. The first-order valence-corrected chi connectivity index (χ1v) is 16.0. The quantitative estimate of drug-likeness (QED) is 0.203. The van der Waals surface area contributed by atoms with Crippen LogP contribution in [-0.4, -0.2) is 77.8 Å². The molecule has 1 saturated carbocycles. The number of hydrogen-bond donors (Lipinski definition) is 5. The number of benzene rings is 2. The van der Waals surface area contributed by atoms with Gasteiger partial charge in [0.05, 0.1) is 12.1 Å². The van der Waals surface area contributed by atoms with E-state index in [-0.39, 0.29) is 55.7 Å². The van der Waals surface area contributed by atoms with Crippen LogP contribution < -0.4 is 16.0 Å². The van der Waals surface area contributed by atoms with Gasteiger partial charge in [-0.2, -0.15) is 0 Å². The third kappa shape index (κ3) is 10.0. The number of fused-ring (bicyclic) bond motifs is 3. The minimum Gasteiger partial charge on any atom is -0.483 e. The van der Waals surface area contributed by atoms with Crippen LogP contribution in [0.1, 0.15) is 68.6 Å². The molecule has 0 spiro atoms. The van der Waals surface area contributed by atoms with E-state index >= 15 is 0 Å². The molecule has 0 unspecified atom stereocenters. The Morgan fingerprint density at radius 2 is 1.71 bits per heavy atom. The van der Waals surface area contributed by atoms with Crippen molar-refractivity contribution in [2.24, 2.45) is 5.92 Å². The summed E-state index contributed by atoms with van der Waals surface area (Å²) in [6.45, 7) is 5.19. The molecule has 3 atom stereocenters. The lowest BCUT2D eigenvalue weighted by atomic mass is 9.84. The lowest BCUT2D eigenvalue weighted by Gasteiger charge is -2.44. The van der Waals surface area contributed by atoms with Crippen molar-refractivity contribution in [1.29, 1.82) is 0 Å². The van der Waals surface area contributed by atoms with Gasteiger partial charge in [-0.15, -0.1) is 0 Å². The van der Waals surface area contributed by atoms with Crippen LogP contribution in [0.25, 0.3) is 0 Å². The summed E-state index contributed by atoms with van der Waals surface area (Å²) in [5.41, 5.74) is 2.56. The van der Waals surface area contributed by atoms with Gasteiger partial charge < -0.3 is 31.1 Å². The Bertz CT molecular complexity index is 1280. The lowest BCUT2D eigenvalue weighted by Crippen LogP contribution is -2.57. The van der Waals surface area contributed by atoms with E-state index in [9.17, 15) is 23.5 Å². The van der Waals surface area contributed by atoms with E-state index in [1.807, 2.05) is 6.07 Å². The van der Waals surface area contributed by atoms with Gasteiger partial charge in [0, 0.05) is 43.6 Å². The molecule has 1 aliphatic carbocycles. The number of hydrogen-bond acceptors (Lipinski definition) is 6. The molecule has 3 heterocycles. The number of carboxylic acid groups (broad SMARTS) is 1. The van der Waals surface area contributed by atoms with Crippen molar-refractivity contribution < 1.29 is 33.4 Å². The van der Waals surface area contributed by atoms with Gasteiger partial charge in [-0.05, 0) is 92.8 Å². The van der Waals surface area contributed by atoms with Crippen molar-refractivity contribution in [3.8, 4) is 0 Å². The molecule has 2 bridgehead atoms. The molecule has 2 aromatic rings. The Morgan fingerprint density at radius 3 is 2.31 bits per heavy atom. The number of carbonyl (C=O) groups is 3.